The van der Waals surface area contributed by atoms with Crippen molar-refractivity contribution in [1.82, 2.24) is 4.31 Å². The van der Waals surface area contributed by atoms with Crippen LogP contribution in [0.5, 0.6) is 0 Å². The Bertz CT molecular complexity index is 614. The summed E-state index contributed by atoms with van der Waals surface area (Å²) in [6.07, 6.45) is 8.15. The van der Waals surface area contributed by atoms with Gasteiger partial charge in [-0.2, -0.15) is 4.31 Å². The first-order valence-corrected chi connectivity index (χ1v) is 11.8. The van der Waals surface area contributed by atoms with Crippen LogP contribution >= 0.6 is 0 Å². The Balaban J connectivity index is 2.02. The number of unbranched alkanes of at least 4 members (excludes halogenated alkanes) is 1. The summed E-state index contributed by atoms with van der Waals surface area (Å²) in [6.45, 7) is 9.63. The van der Waals surface area contributed by atoms with Gasteiger partial charge in [-0.3, -0.25) is 0 Å². The monoisotopic (exact) mass is 380 g/mol. The maximum atomic E-state index is 12.9. The smallest absolute Gasteiger partial charge is 0.243 e. The summed E-state index contributed by atoms with van der Waals surface area (Å²) in [6, 6.07) is 7.53. The van der Waals surface area contributed by atoms with Gasteiger partial charge in [0.2, 0.25) is 10.0 Å². The van der Waals surface area contributed by atoms with Crippen LogP contribution in [0.1, 0.15) is 65.7 Å². The predicted octanol–water partition coefficient (Wildman–Crippen LogP) is 4.90. The molecule has 0 N–H and O–H groups in total. The Labute approximate surface area is 160 Å². The van der Waals surface area contributed by atoms with E-state index in [4.69, 9.17) is 0 Å². The minimum Gasteiger partial charge on any atom is -0.372 e. The molecule has 1 saturated heterocycles. The largest absolute Gasteiger partial charge is 0.372 e. The molecule has 1 aromatic carbocycles. The van der Waals surface area contributed by atoms with E-state index in [0.717, 1.165) is 37.5 Å². The van der Waals surface area contributed by atoms with Gasteiger partial charge in [-0.05, 0) is 55.9 Å². The maximum Gasteiger partial charge on any atom is 0.243 e. The van der Waals surface area contributed by atoms with Crippen molar-refractivity contribution in [2.24, 2.45) is 5.92 Å². The first kappa shape index (κ1) is 21.2. The van der Waals surface area contributed by atoms with E-state index in [1.165, 1.54) is 32.1 Å². The zero-order valence-electron chi connectivity index (χ0n) is 16.8. The molecule has 0 saturated carbocycles. The fraction of sp³-hybridized carbons (Fsp3) is 0.714. The minimum absolute atomic E-state index is 0.418. The SMILES string of the molecule is CCCCC1CCN(c2ccc(S(=O)(=O)N(CCC)CCC)cc2)CC1. The van der Waals surface area contributed by atoms with E-state index >= 15 is 0 Å². The number of anilines is 1. The lowest BCUT2D eigenvalue weighted by Crippen LogP contribution is -2.34. The molecule has 0 amide bonds. The second-order valence-corrected chi connectivity index (χ2v) is 9.41. The van der Waals surface area contributed by atoms with Crippen molar-refractivity contribution in [2.75, 3.05) is 31.1 Å². The molecule has 1 fully saturated rings. The van der Waals surface area contributed by atoms with Crippen molar-refractivity contribution in [1.29, 1.82) is 0 Å². The van der Waals surface area contributed by atoms with E-state index in [1.54, 1.807) is 16.4 Å². The summed E-state index contributed by atoms with van der Waals surface area (Å²) in [5, 5.41) is 0. The molecule has 0 bridgehead atoms. The second-order valence-electron chi connectivity index (χ2n) is 7.47. The van der Waals surface area contributed by atoms with Crippen molar-refractivity contribution >= 4 is 15.7 Å². The number of benzene rings is 1. The van der Waals surface area contributed by atoms with E-state index < -0.39 is 10.0 Å². The summed E-state index contributed by atoms with van der Waals surface area (Å²) >= 11 is 0. The van der Waals surface area contributed by atoms with Crippen molar-refractivity contribution in [3.63, 3.8) is 0 Å². The van der Waals surface area contributed by atoms with Crippen molar-refractivity contribution < 1.29 is 8.42 Å². The average Bonchev–Trinajstić information content (AvgIpc) is 2.66. The highest BCUT2D eigenvalue weighted by Gasteiger charge is 2.24. The van der Waals surface area contributed by atoms with Crippen molar-refractivity contribution in [3.05, 3.63) is 24.3 Å². The van der Waals surface area contributed by atoms with Crippen LogP contribution in [0.15, 0.2) is 29.2 Å². The highest BCUT2D eigenvalue weighted by atomic mass is 32.2. The van der Waals surface area contributed by atoms with E-state index in [0.29, 0.717) is 18.0 Å². The van der Waals surface area contributed by atoms with Crippen molar-refractivity contribution in [2.45, 2.75) is 70.6 Å². The highest BCUT2D eigenvalue weighted by molar-refractivity contribution is 7.89. The molecule has 148 valence electrons. The van der Waals surface area contributed by atoms with Gasteiger partial charge in [0.15, 0.2) is 0 Å². The van der Waals surface area contributed by atoms with Crippen LogP contribution in [0, 0.1) is 5.92 Å². The molecule has 1 aliphatic rings. The highest BCUT2D eigenvalue weighted by Crippen LogP contribution is 2.27. The zero-order chi connectivity index (χ0) is 19.0. The Morgan fingerprint density at radius 2 is 1.54 bits per heavy atom. The Hall–Kier alpha value is -1.07. The number of nitrogens with zero attached hydrogens (tertiary/aromatic N) is 2. The topological polar surface area (TPSA) is 40.6 Å². The summed E-state index contributed by atoms with van der Waals surface area (Å²) in [5.74, 6) is 0.863. The van der Waals surface area contributed by atoms with Gasteiger partial charge >= 0.3 is 0 Å². The van der Waals surface area contributed by atoms with Crippen LogP contribution in [0.4, 0.5) is 5.69 Å². The molecule has 4 nitrogen and oxygen atoms in total. The average molecular weight is 381 g/mol. The van der Waals surface area contributed by atoms with Gasteiger partial charge in [-0.15, -0.1) is 0 Å². The summed E-state index contributed by atoms with van der Waals surface area (Å²) < 4.78 is 27.3. The standard InChI is InChI=1S/C21H36N2O2S/c1-4-7-8-19-13-17-22(18-14-19)20-9-11-21(12-10-20)26(24,25)23(15-5-2)16-6-3/h9-12,19H,4-8,13-18H2,1-3H3. The van der Waals surface area contributed by atoms with Gasteiger partial charge in [-0.1, -0.05) is 40.0 Å². The Morgan fingerprint density at radius 3 is 2.04 bits per heavy atom. The molecule has 0 radical (unpaired) electrons. The molecule has 26 heavy (non-hydrogen) atoms. The van der Waals surface area contributed by atoms with E-state index in [2.05, 4.69) is 11.8 Å². The molecule has 0 aliphatic carbocycles. The predicted molar refractivity (Wildman–Crippen MR) is 110 cm³/mol. The van der Waals surface area contributed by atoms with E-state index in [9.17, 15) is 8.42 Å². The van der Waals surface area contributed by atoms with Crippen LogP contribution in [0.25, 0.3) is 0 Å². The van der Waals surface area contributed by atoms with Gasteiger partial charge in [0, 0.05) is 31.9 Å². The van der Waals surface area contributed by atoms with Crippen LogP contribution in [-0.2, 0) is 10.0 Å². The molecular formula is C21H36N2O2S. The van der Waals surface area contributed by atoms with Gasteiger partial charge < -0.3 is 4.90 Å². The summed E-state index contributed by atoms with van der Waals surface area (Å²) in [4.78, 5) is 2.82. The lowest BCUT2D eigenvalue weighted by atomic mass is 9.91. The number of rotatable bonds is 10. The molecule has 0 atom stereocenters. The first-order chi connectivity index (χ1) is 12.5. The van der Waals surface area contributed by atoms with Gasteiger partial charge in [0.25, 0.3) is 0 Å². The normalized spacial score (nSPS) is 16.4. The molecule has 0 aromatic heterocycles. The van der Waals surface area contributed by atoms with Crippen LogP contribution < -0.4 is 4.90 Å². The van der Waals surface area contributed by atoms with Crippen LogP contribution in [0.3, 0.4) is 0 Å². The summed E-state index contributed by atoms with van der Waals surface area (Å²) in [5.41, 5.74) is 1.15. The molecule has 2 rings (SSSR count). The molecule has 1 aliphatic heterocycles. The molecule has 5 heteroatoms. The number of hydrogen-bond acceptors (Lipinski definition) is 3. The fourth-order valence-corrected chi connectivity index (χ4v) is 5.43. The quantitative estimate of drug-likeness (QED) is 0.579. The number of sulfonamides is 1. The lowest BCUT2D eigenvalue weighted by Gasteiger charge is -2.33. The first-order valence-electron chi connectivity index (χ1n) is 10.4. The minimum atomic E-state index is -3.38. The van der Waals surface area contributed by atoms with Gasteiger partial charge in [-0.25, -0.2) is 8.42 Å². The third-order valence-electron chi connectivity index (χ3n) is 5.37. The van der Waals surface area contributed by atoms with E-state index in [1.807, 2.05) is 26.0 Å². The summed E-state index contributed by atoms with van der Waals surface area (Å²) in [7, 11) is -3.38. The van der Waals surface area contributed by atoms with Crippen LogP contribution in [-0.4, -0.2) is 38.9 Å². The second kappa shape index (κ2) is 10.3. The molecule has 1 heterocycles. The Morgan fingerprint density at radius 1 is 0.962 bits per heavy atom. The number of hydrogen-bond donors (Lipinski definition) is 0. The molecule has 1 aromatic rings. The molecule has 0 spiro atoms. The van der Waals surface area contributed by atoms with Gasteiger partial charge in [0.1, 0.15) is 0 Å². The van der Waals surface area contributed by atoms with Crippen LogP contribution in [0.2, 0.25) is 0 Å². The zero-order valence-corrected chi connectivity index (χ0v) is 17.6. The number of piperidine rings is 1. The third-order valence-corrected chi connectivity index (χ3v) is 7.28. The molecule has 0 unspecified atom stereocenters. The lowest BCUT2D eigenvalue weighted by molar-refractivity contribution is 0.371. The van der Waals surface area contributed by atoms with Gasteiger partial charge in [0.05, 0.1) is 4.90 Å². The maximum absolute atomic E-state index is 12.9. The van der Waals surface area contributed by atoms with E-state index in [-0.39, 0.29) is 0 Å². The molecular weight excluding hydrogens is 344 g/mol. The Kier molecular flexibility index (Phi) is 8.42. The van der Waals surface area contributed by atoms with Crippen molar-refractivity contribution in [3.8, 4) is 0 Å². The fourth-order valence-electron chi connectivity index (χ4n) is 3.80. The third kappa shape index (κ3) is 5.46.